The van der Waals surface area contributed by atoms with Crippen LogP contribution in [0.1, 0.15) is 21.5 Å². The number of rotatable bonds is 8. The number of nitrogens with one attached hydrogen (secondary N) is 1. The Morgan fingerprint density at radius 2 is 1.67 bits per heavy atom. The molecule has 0 heterocycles. The van der Waals surface area contributed by atoms with E-state index in [4.69, 9.17) is 9.47 Å². The highest BCUT2D eigenvalue weighted by Crippen LogP contribution is 2.19. The molecule has 152 valence electrons. The monoisotopic (exact) mass is 401 g/mol. The number of esters is 1. The summed E-state index contributed by atoms with van der Waals surface area (Å²) < 4.78 is 10.9. The Morgan fingerprint density at radius 3 is 2.37 bits per heavy atom. The molecule has 5 nitrogen and oxygen atoms in total. The molecule has 30 heavy (non-hydrogen) atoms. The minimum absolute atomic E-state index is 0.218. The van der Waals surface area contributed by atoms with Gasteiger partial charge in [-0.2, -0.15) is 0 Å². The lowest BCUT2D eigenvalue weighted by atomic mass is 10.1. The van der Waals surface area contributed by atoms with Gasteiger partial charge in [-0.05, 0) is 61.4 Å². The average molecular weight is 401 g/mol. The van der Waals surface area contributed by atoms with Gasteiger partial charge in [0.05, 0.1) is 0 Å². The first kappa shape index (κ1) is 20.9. The van der Waals surface area contributed by atoms with Gasteiger partial charge >= 0.3 is 5.97 Å². The third-order valence-corrected chi connectivity index (χ3v) is 4.34. The highest BCUT2D eigenvalue weighted by atomic mass is 16.6. The fraction of sp³-hybridized carbons (Fsp3) is 0.120. The predicted molar refractivity (Wildman–Crippen MR) is 117 cm³/mol. The first-order valence-corrected chi connectivity index (χ1v) is 9.55. The fourth-order valence-corrected chi connectivity index (χ4v) is 2.78. The van der Waals surface area contributed by atoms with E-state index < -0.39 is 5.97 Å². The summed E-state index contributed by atoms with van der Waals surface area (Å²) >= 11 is 0. The van der Waals surface area contributed by atoms with E-state index in [1.54, 1.807) is 36.4 Å². The van der Waals surface area contributed by atoms with Gasteiger partial charge in [-0.3, -0.25) is 4.79 Å². The average Bonchev–Trinajstić information content (AvgIpc) is 2.75. The SMILES string of the molecule is C=CCc1ccccc1OCC(=O)Oc1ccc(C(=O)Nc2ccc(C)cc2)cc1. The molecule has 0 unspecified atom stereocenters. The molecule has 1 amide bonds. The van der Waals surface area contributed by atoms with Gasteiger partial charge in [-0.1, -0.05) is 42.0 Å². The lowest BCUT2D eigenvalue weighted by Crippen LogP contribution is -2.18. The van der Waals surface area contributed by atoms with Crippen molar-refractivity contribution in [2.75, 3.05) is 11.9 Å². The molecule has 5 heteroatoms. The molecule has 0 aliphatic carbocycles. The second-order valence-corrected chi connectivity index (χ2v) is 6.71. The number of carbonyl (C=O) groups excluding carboxylic acids is 2. The van der Waals surface area contributed by atoms with Crippen LogP contribution in [0.3, 0.4) is 0 Å². The van der Waals surface area contributed by atoms with E-state index in [2.05, 4.69) is 11.9 Å². The Labute approximate surface area is 176 Å². The molecule has 0 saturated carbocycles. The van der Waals surface area contributed by atoms with Crippen LogP contribution in [0, 0.1) is 6.92 Å². The maximum atomic E-state index is 12.3. The second-order valence-electron chi connectivity index (χ2n) is 6.71. The molecular weight excluding hydrogens is 378 g/mol. The van der Waals surface area contributed by atoms with Crippen LogP contribution in [0.5, 0.6) is 11.5 Å². The summed E-state index contributed by atoms with van der Waals surface area (Å²) in [6, 6.07) is 21.4. The molecule has 0 spiro atoms. The van der Waals surface area contributed by atoms with E-state index in [1.807, 2.05) is 49.4 Å². The molecule has 3 rings (SSSR count). The van der Waals surface area contributed by atoms with E-state index in [1.165, 1.54) is 0 Å². The molecular formula is C25H23NO4. The first-order chi connectivity index (χ1) is 14.5. The number of anilines is 1. The molecule has 0 fully saturated rings. The summed E-state index contributed by atoms with van der Waals surface area (Å²) in [4.78, 5) is 24.4. The van der Waals surface area contributed by atoms with E-state index in [9.17, 15) is 9.59 Å². The standard InChI is InChI=1S/C25H23NO4/c1-3-6-19-7-4-5-8-23(19)29-17-24(27)30-22-15-11-20(12-16-22)25(28)26-21-13-9-18(2)10-14-21/h3-5,7-16H,1,6,17H2,2H3,(H,26,28). The summed E-state index contributed by atoms with van der Waals surface area (Å²) in [5.41, 5.74) is 3.25. The zero-order valence-corrected chi connectivity index (χ0v) is 16.8. The third-order valence-electron chi connectivity index (χ3n) is 4.34. The van der Waals surface area contributed by atoms with Crippen molar-refractivity contribution in [3.8, 4) is 11.5 Å². The largest absolute Gasteiger partial charge is 0.482 e. The third kappa shape index (κ3) is 5.82. The molecule has 0 radical (unpaired) electrons. The van der Waals surface area contributed by atoms with Crippen molar-refractivity contribution >= 4 is 17.6 Å². The number of hydrogen-bond donors (Lipinski definition) is 1. The minimum atomic E-state index is -0.528. The van der Waals surface area contributed by atoms with Crippen LogP contribution in [-0.2, 0) is 11.2 Å². The number of benzene rings is 3. The molecule has 1 N–H and O–H groups in total. The number of ether oxygens (including phenoxy) is 2. The van der Waals surface area contributed by atoms with E-state index in [0.717, 1.165) is 16.8 Å². The van der Waals surface area contributed by atoms with Crippen LogP contribution in [0.15, 0.2) is 85.5 Å². The molecule has 0 aliphatic heterocycles. The zero-order valence-electron chi connectivity index (χ0n) is 16.8. The van der Waals surface area contributed by atoms with Gasteiger partial charge in [0.1, 0.15) is 11.5 Å². The van der Waals surface area contributed by atoms with Gasteiger partial charge < -0.3 is 14.8 Å². The highest BCUT2D eigenvalue weighted by Gasteiger charge is 2.10. The molecule has 0 aromatic heterocycles. The molecule has 0 aliphatic rings. The van der Waals surface area contributed by atoms with Crippen molar-refractivity contribution < 1.29 is 19.1 Å². The first-order valence-electron chi connectivity index (χ1n) is 9.55. The molecule has 0 saturated heterocycles. The molecule has 3 aromatic rings. The van der Waals surface area contributed by atoms with Crippen molar-refractivity contribution in [2.45, 2.75) is 13.3 Å². The van der Waals surface area contributed by atoms with Crippen molar-refractivity contribution in [3.63, 3.8) is 0 Å². The maximum absolute atomic E-state index is 12.3. The number of carbonyl (C=O) groups is 2. The Balaban J connectivity index is 1.53. The van der Waals surface area contributed by atoms with Crippen molar-refractivity contribution in [2.24, 2.45) is 0 Å². The highest BCUT2D eigenvalue weighted by molar-refractivity contribution is 6.04. The van der Waals surface area contributed by atoms with Gasteiger partial charge in [0.15, 0.2) is 6.61 Å². The molecule has 0 bridgehead atoms. The topological polar surface area (TPSA) is 64.6 Å². The summed E-state index contributed by atoms with van der Waals surface area (Å²) in [5.74, 6) is 0.200. The second kappa shape index (κ2) is 10.1. The smallest absolute Gasteiger partial charge is 0.349 e. The van der Waals surface area contributed by atoms with Gasteiger partial charge in [0.2, 0.25) is 0 Å². The number of hydrogen-bond acceptors (Lipinski definition) is 4. The summed E-state index contributed by atoms with van der Waals surface area (Å²) in [6.07, 6.45) is 2.42. The molecule has 0 atom stereocenters. The quantitative estimate of drug-likeness (QED) is 0.329. The van der Waals surface area contributed by atoms with E-state index in [0.29, 0.717) is 23.5 Å². The Kier molecular flexibility index (Phi) is 7.00. The number of amides is 1. The van der Waals surface area contributed by atoms with Gasteiger partial charge in [-0.15, -0.1) is 6.58 Å². The predicted octanol–water partition coefficient (Wildman–Crippen LogP) is 4.96. The molecule has 3 aromatic carbocycles. The summed E-state index contributed by atoms with van der Waals surface area (Å²) in [6.45, 7) is 5.48. The van der Waals surface area contributed by atoms with Gasteiger partial charge in [0.25, 0.3) is 5.91 Å². The van der Waals surface area contributed by atoms with E-state index >= 15 is 0 Å². The summed E-state index contributed by atoms with van der Waals surface area (Å²) in [7, 11) is 0. The fourth-order valence-electron chi connectivity index (χ4n) is 2.78. The van der Waals surface area contributed by atoms with Crippen LogP contribution >= 0.6 is 0 Å². The number of aryl methyl sites for hydroxylation is 1. The lowest BCUT2D eigenvalue weighted by Gasteiger charge is -2.10. The maximum Gasteiger partial charge on any atom is 0.349 e. The van der Waals surface area contributed by atoms with Crippen LogP contribution in [0.25, 0.3) is 0 Å². The van der Waals surface area contributed by atoms with Gasteiger partial charge in [0, 0.05) is 11.3 Å². The summed E-state index contributed by atoms with van der Waals surface area (Å²) in [5, 5.41) is 2.83. The Hall–Kier alpha value is -3.86. The van der Waals surface area contributed by atoms with Crippen LogP contribution in [0.4, 0.5) is 5.69 Å². The van der Waals surface area contributed by atoms with Crippen LogP contribution in [-0.4, -0.2) is 18.5 Å². The van der Waals surface area contributed by atoms with Crippen LogP contribution < -0.4 is 14.8 Å². The number of allylic oxidation sites excluding steroid dienone is 1. The van der Waals surface area contributed by atoms with Crippen molar-refractivity contribution in [3.05, 3.63) is 102 Å². The zero-order chi connectivity index (χ0) is 21.3. The van der Waals surface area contributed by atoms with Crippen molar-refractivity contribution in [1.29, 1.82) is 0 Å². The Morgan fingerprint density at radius 1 is 0.967 bits per heavy atom. The van der Waals surface area contributed by atoms with Gasteiger partial charge in [-0.25, -0.2) is 4.79 Å². The van der Waals surface area contributed by atoms with Crippen molar-refractivity contribution in [1.82, 2.24) is 0 Å². The number of para-hydroxylation sites is 1. The van der Waals surface area contributed by atoms with E-state index in [-0.39, 0.29) is 12.5 Å². The van der Waals surface area contributed by atoms with Crippen LogP contribution in [0.2, 0.25) is 0 Å². The lowest BCUT2D eigenvalue weighted by molar-refractivity contribution is -0.136. The Bertz CT molecular complexity index is 1020. The minimum Gasteiger partial charge on any atom is -0.482 e. The normalized spacial score (nSPS) is 10.2.